The predicted octanol–water partition coefficient (Wildman–Crippen LogP) is 3.44. The van der Waals surface area contributed by atoms with E-state index in [4.69, 9.17) is 9.47 Å². The molecule has 2 aromatic carbocycles. The highest BCUT2D eigenvalue weighted by Gasteiger charge is 2.38. The molecular formula is C26H30N2O6. The summed E-state index contributed by atoms with van der Waals surface area (Å²) < 4.78 is 10.9. The van der Waals surface area contributed by atoms with E-state index >= 15 is 0 Å². The van der Waals surface area contributed by atoms with Gasteiger partial charge < -0.3 is 25.2 Å². The minimum absolute atomic E-state index is 0.0758. The third-order valence-corrected chi connectivity index (χ3v) is 6.69. The van der Waals surface area contributed by atoms with Gasteiger partial charge in [-0.25, -0.2) is 4.79 Å². The molecule has 0 radical (unpaired) electrons. The van der Waals surface area contributed by atoms with Crippen molar-refractivity contribution in [1.82, 2.24) is 10.6 Å². The van der Waals surface area contributed by atoms with Crippen molar-refractivity contribution in [3.63, 3.8) is 0 Å². The Morgan fingerprint density at radius 2 is 1.65 bits per heavy atom. The predicted molar refractivity (Wildman–Crippen MR) is 125 cm³/mol. The van der Waals surface area contributed by atoms with Gasteiger partial charge in [-0.3, -0.25) is 9.59 Å². The average Bonchev–Trinajstić information content (AvgIpc) is 3.15. The van der Waals surface area contributed by atoms with E-state index < -0.39 is 29.6 Å². The van der Waals surface area contributed by atoms with Gasteiger partial charge in [0, 0.05) is 19.1 Å². The fourth-order valence-electron chi connectivity index (χ4n) is 4.88. The van der Waals surface area contributed by atoms with Crippen LogP contribution in [-0.2, 0) is 19.1 Å². The van der Waals surface area contributed by atoms with E-state index in [2.05, 4.69) is 22.8 Å². The molecule has 2 amide bonds. The van der Waals surface area contributed by atoms with Gasteiger partial charge in [-0.1, -0.05) is 55.5 Å². The zero-order valence-corrected chi connectivity index (χ0v) is 19.2. The number of carboxylic acids is 1. The van der Waals surface area contributed by atoms with Crippen molar-refractivity contribution in [2.24, 2.45) is 0 Å². The molecule has 2 aromatic rings. The van der Waals surface area contributed by atoms with Gasteiger partial charge in [0.1, 0.15) is 12.6 Å². The van der Waals surface area contributed by atoms with Crippen molar-refractivity contribution >= 4 is 18.0 Å². The van der Waals surface area contributed by atoms with Gasteiger partial charge in [0.2, 0.25) is 5.91 Å². The van der Waals surface area contributed by atoms with E-state index in [1.54, 1.807) is 6.92 Å². The summed E-state index contributed by atoms with van der Waals surface area (Å²) in [7, 11) is 0. The Bertz CT molecular complexity index is 1020. The van der Waals surface area contributed by atoms with E-state index in [0.29, 0.717) is 32.5 Å². The number of aliphatic carboxylic acids is 1. The standard InChI is InChI=1S/C26H30N2O6/c1-2-22(24(31)28-26(15-23(29)30)11-13-33-14-12-26)27-25(32)34-16-21-19-9-5-3-7-17(19)18-8-4-6-10-20(18)21/h3-10,21-22H,2,11-16H2,1H3,(H,27,32)(H,28,31)(H,29,30)/t22-/m0/s1. The topological polar surface area (TPSA) is 114 Å². The molecule has 0 bridgehead atoms. The average molecular weight is 467 g/mol. The van der Waals surface area contributed by atoms with Gasteiger partial charge in [0.25, 0.3) is 0 Å². The summed E-state index contributed by atoms with van der Waals surface area (Å²) in [6.45, 7) is 2.69. The molecule has 1 atom stereocenters. The van der Waals surface area contributed by atoms with Crippen molar-refractivity contribution in [1.29, 1.82) is 0 Å². The Hall–Kier alpha value is -3.39. The maximum absolute atomic E-state index is 12.9. The number of carbonyl (C=O) groups excluding carboxylic acids is 2. The molecule has 1 aliphatic carbocycles. The lowest BCUT2D eigenvalue weighted by molar-refractivity contribution is -0.140. The lowest BCUT2D eigenvalue weighted by Gasteiger charge is -2.37. The zero-order valence-electron chi connectivity index (χ0n) is 19.2. The third kappa shape index (κ3) is 5.07. The molecule has 2 aliphatic rings. The second-order valence-corrected chi connectivity index (χ2v) is 8.88. The van der Waals surface area contributed by atoms with Gasteiger partial charge in [0.15, 0.2) is 0 Å². The van der Waals surface area contributed by atoms with Crippen LogP contribution in [0.4, 0.5) is 4.79 Å². The molecule has 180 valence electrons. The Balaban J connectivity index is 1.38. The lowest BCUT2D eigenvalue weighted by Crippen LogP contribution is -2.58. The lowest BCUT2D eigenvalue weighted by atomic mass is 9.86. The Kier molecular flexibility index (Phi) is 7.17. The van der Waals surface area contributed by atoms with Gasteiger partial charge in [0.05, 0.1) is 12.0 Å². The van der Waals surface area contributed by atoms with E-state index in [0.717, 1.165) is 22.3 Å². The maximum Gasteiger partial charge on any atom is 0.407 e. The molecule has 0 saturated carbocycles. The summed E-state index contributed by atoms with van der Waals surface area (Å²) in [5.74, 6) is -1.48. The number of hydrogen-bond acceptors (Lipinski definition) is 5. The molecule has 3 N–H and O–H groups in total. The molecular weight excluding hydrogens is 436 g/mol. The maximum atomic E-state index is 12.9. The van der Waals surface area contributed by atoms with E-state index in [1.807, 2.05) is 36.4 Å². The quantitative estimate of drug-likeness (QED) is 0.549. The highest BCUT2D eigenvalue weighted by atomic mass is 16.5. The highest BCUT2D eigenvalue weighted by Crippen LogP contribution is 2.44. The molecule has 1 heterocycles. The second kappa shape index (κ2) is 10.3. The summed E-state index contributed by atoms with van der Waals surface area (Å²) in [6.07, 6.45) is 0.293. The minimum atomic E-state index is -0.986. The normalized spacial score (nSPS) is 17.2. The van der Waals surface area contributed by atoms with E-state index in [1.165, 1.54) is 0 Å². The van der Waals surface area contributed by atoms with Crippen LogP contribution in [0.15, 0.2) is 48.5 Å². The first-order valence-corrected chi connectivity index (χ1v) is 11.7. The molecule has 1 saturated heterocycles. The summed E-state index contributed by atoms with van der Waals surface area (Å²) in [5, 5.41) is 14.8. The SMILES string of the molecule is CC[C@H](NC(=O)OCC1c2ccccc2-c2ccccc21)C(=O)NC1(CC(=O)O)CCOCC1. The monoisotopic (exact) mass is 466 g/mol. The third-order valence-electron chi connectivity index (χ3n) is 6.69. The van der Waals surface area contributed by atoms with Crippen LogP contribution in [0.1, 0.15) is 49.7 Å². The number of rotatable bonds is 8. The van der Waals surface area contributed by atoms with Gasteiger partial charge >= 0.3 is 12.1 Å². The van der Waals surface area contributed by atoms with Crippen molar-refractivity contribution in [3.05, 3.63) is 59.7 Å². The number of benzene rings is 2. The first-order chi connectivity index (χ1) is 16.4. The number of amides is 2. The summed E-state index contributed by atoms with van der Waals surface area (Å²) in [4.78, 5) is 36.9. The molecule has 1 aliphatic heterocycles. The Labute approximate surface area is 198 Å². The largest absolute Gasteiger partial charge is 0.481 e. The first kappa shape index (κ1) is 23.8. The molecule has 0 aromatic heterocycles. The van der Waals surface area contributed by atoms with Gasteiger partial charge in [-0.15, -0.1) is 0 Å². The molecule has 0 spiro atoms. The van der Waals surface area contributed by atoms with Crippen LogP contribution < -0.4 is 10.6 Å². The number of ether oxygens (including phenoxy) is 2. The number of fused-ring (bicyclic) bond motifs is 3. The van der Waals surface area contributed by atoms with Crippen molar-refractivity contribution in [2.45, 2.75) is 50.1 Å². The molecule has 0 unspecified atom stereocenters. The van der Waals surface area contributed by atoms with Crippen LogP contribution in [0.3, 0.4) is 0 Å². The Morgan fingerprint density at radius 3 is 2.21 bits per heavy atom. The van der Waals surface area contributed by atoms with Crippen molar-refractivity contribution in [3.8, 4) is 11.1 Å². The highest BCUT2D eigenvalue weighted by molar-refractivity contribution is 5.87. The number of carboxylic acid groups (broad SMARTS) is 1. The van der Waals surface area contributed by atoms with Crippen LogP contribution in [-0.4, -0.2) is 54.5 Å². The van der Waals surface area contributed by atoms with Crippen LogP contribution >= 0.6 is 0 Å². The van der Waals surface area contributed by atoms with E-state index in [9.17, 15) is 19.5 Å². The molecule has 8 nitrogen and oxygen atoms in total. The number of carbonyl (C=O) groups is 3. The fraction of sp³-hybridized carbons (Fsp3) is 0.423. The molecule has 8 heteroatoms. The number of alkyl carbamates (subject to hydrolysis) is 1. The zero-order chi connectivity index (χ0) is 24.1. The number of hydrogen-bond donors (Lipinski definition) is 3. The van der Waals surface area contributed by atoms with Crippen LogP contribution in [0, 0.1) is 0 Å². The number of nitrogens with one attached hydrogen (secondary N) is 2. The van der Waals surface area contributed by atoms with Gasteiger partial charge in [-0.2, -0.15) is 0 Å². The second-order valence-electron chi connectivity index (χ2n) is 8.88. The van der Waals surface area contributed by atoms with E-state index in [-0.39, 0.29) is 18.9 Å². The Morgan fingerprint density at radius 1 is 1.06 bits per heavy atom. The molecule has 1 fully saturated rings. The fourth-order valence-corrected chi connectivity index (χ4v) is 4.88. The van der Waals surface area contributed by atoms with Gasteiger partial charge in [-0.05, 0) is 41.5 Å². The van der Waals surface area contributed by atoms with Crippen LogP contribution in [0.2, 0.25) is 0 Å². The van der Waals surface area contributed by atoms with Crippen molar-refractivity contribution in [2.75, 3.05) is 19.8 Å². The van der Waals surface area contributed by atoms with Crippen LogP contribution in [0.25, 0.3) is 11.1 Å². The first-order valence-electron chi connectivity index (χ1n) is 11.7. The van der Waals surface area contributed by atoms with Crippen molar-refractivity contribution < 1.29 is 29.0 Å². The molecule has 4 rings (SSSR count). The minimum Gasteiger partial charge on any atom is -0.481 e. The summed E-state index contributed by atoms with van der Waals surface area (Å²) in [6, 6.07) is 15.3. The smallest absolute Gasteiger partial charge is 0.407 e. The summed E-state index contributed by atoms with van der Waals surface area (Å²) >= 11 is 0. The molecule has 34 heavy (non-hydrogen) atoms. The summed E-state index contributed by atoms with van der Waals surface area (Å²) in [5.41, 5.74) is 3.61. The van der Waals surface area contributed by atoms with Crippen LogP contribution in [0.5, 0.6) is 0 Å².